The molecule has 4 nitrogen and oxygen atoms in total. The van der Waals surface area contributed by atoms with E-state index in [9.17, 15) is 5.11 Å². The van der Waals surface area contributed by atoms with Crippen LogP contribution in [0.1, 0.15) is 12.0 Å². The van der Waals surface area contributed by atoms with E-state index in [0.29, 0.717) is 0 Å². The van der Waals surface area contributed by atoms with Crippen LogP contribution in [0.2, 0.25) is 0 Å². The molecule has 1 saturated heterocycles. The van der Waals surface area contributed by atoms with E-state index in [1.54, 1.807) is 17.8 Å². The third kappa shape index (κ3) is 3.86. The van der Waals surface area contributed by atoms with Crippen molar-refractivity contribution in [3.63, 3.8) is 0 Å². The Hall–Kier alpha value is -2.50. The molecule has 144 valence electrons. The summed E-state index contributed by atoms with van der Waals surface area (Å²) >= 11 is 1.73. The van der Waals surface area contributed by atoms with Crippen molar-refractivity contribution in [1.82, 2.24) is 4.98 Å². The van der Waals surface area contributed by atoms with Crippen LogP contribution in [0.25, 0.3) is 22.4 Å². The highest BCUT2D eigenvalue weighted by Crippen LogP contribution is 2.35. The first-order valence-corrected chi connectivity index (χ1v) is 10.7. The fourth-order valence-electron chi connectivity index (χ4n) is 3.62. The molecule has 5 heteroatoms. The maximum Gasteiger partial charge on any atom is 0.129 e. The van der Waals surface area contributed by atoms with Gasteiger partial charge in [-0.05, 0) is 67.1 Å². The molecular formula is C23H25N3OS. The highest BCUT2D eigenvalue weighted by Gasteiger charge is 2.22. The fraction of sp³-hybridized carbons (Fsp3) is 0.261. The Labute approximate surface area is 170 Å². The number of pyridine rings is 1. The van der Waals surface area contributed by atoms with Gasteiger partial charge in [0, 0.05) is 29.6 Å². The van der Waals surface area contributed by atoms with Gasteiger partial charge in [-0.2, -0.15) is 0 Å². The molecule has 0 spiro atoms. The fourth-order valence-corrected chi connectivity index (χ4v) is 4.02. The van der Waals surface area contributed by atoms with Crippen molar-refractivity contribution < 1.29 is 5.11 Å². The number of rotatable bonds is 4. The molecule has 1 aromatic heterocycles. The van der Waals surface area contributed by atoms with E-state index in [0.717, 1.165) is 53.3 Å². The summed E-state index contributed by atoms with van der Waals surface area (Å²) in [4.78, 5) is 8.36. The van der Waals surface area contributed by atoms with Gasteiger partial charge in [0.05, 0.1) is 5.69 Å². The number of nitrogens with two attached hydrogens (primary N) is 1. The normalized spacial score (nSPS) is 16.5. The third-order valence-corrected chi connectivity index (χ3v) is 5.96. The van der Waals surface area contributed by atoms with Crippen molar-refractivity contribution >= 4 is 17.6 Å². The van der Waals surface area contributed by atoms with E-state index < -0.39 is 0 Å². The number of hydrogen-bond donors (Lipinski definition) is 2. The van der Waals surface area contributed by atoms with Crippen molar-refractivity contribution in [1.29, 1.82) is 0 Å². The molecule has 0 radical (unpaired) electrons. The van der Waals surface area contributed by atoms with Crippen LogP contribution in [0, 0.1) is 6.92 Å². The number of phenolic OH excluding ortho intramolecular Hbond substituents is 1. The van der Waals surface area contributed by atoms with Crippen LogP contribution in [-0.4, -0.2) is 35.5 Å². The monoisotopic (exact) mass is 391 g/mol. The Morgan fingerprint density at radius 2 is 1.86 bits per heavy atom. The van der Waals surface area contributed by atoms with Crippen molar-refractivity contribution in [3.05, 3.63) is 60.2 Å². The van der Waals surface area contributed by atoms with Gasteiger partial charge in [-0.25, -0.2) is 4.98 Å². The summed E-state index contributed by atoms with van der Waals surface area (Å²) in [7, 11) is 0. The lowest BCUT2D eigenvalue weighted by Gasteiger charge is -2.20. The molecule has 1 unspecified atom stereocenters. The molecule has 3 N–H and O–H groups in total. The van der Waals surface area contributed by atoms with E-state index >= 15 is 0 Å². The lowest BCUT2D eigenvalue weighted by atomic mass is 10.0. The Morgan fingerprint density at radius 1 is 1.07 bits per heavy atom. The molecule has 0 saturated carbocycles. The largest absolute Gasteiger partial charge is 0.507 e. The summed E-state index contributed by atoms with van der Waals surface area (Å²) in [6.07, 6.45) is 3.05. The van der Waals surface area contributed by atoms with Gasteiger partial charge in [0.1, 0.15) is 11.6 Å². The predicted octanol–water partition coefficient (Wildman–Crippen LogP) is 4.69. The number of nitrogens with zero attached hydrogens (tertiary/aromatic N) is 2. The minimum atomic E-state index is 0.183. The molecule has 1 atom stereocenters. The SMILES string of the molecule is CSc1ccc(-c2cc(-c3cc(C)ccc3O)nc(N3CCC(N)C3)c2)cc1. The van der Waals surface area contributed by atoms with Crippen LogP contribution in [0.3, 0.4) is 0 Å². The van der Waals surface area contributed by atoms with Crippen LogP contribution in [0.5, 0.6) is 5.75 Å². The molecule has 2 heterocycles. The number of hydrogen-bond acceptors (Lipinski definition) is 5. The molecule has 28 heavy (non-hydrogen) atoms. The molecule has 1 fully saturated rings. The van der Waals surface area contributed by atoms with Gasteiger partial charge >= 0.3 is 0 Å². The van der Waals surface area contributed by atoms with Crippen LogP contribution in [0.4, 0.5) is 5.82 Å². The summed E-state index contributed by atoms with van der Waals surface area (Å²) in [6, 6.07) is 18.5. The molecule has 0 aliphatic carbocycles. The first kappa shape index (κ1) is 18.8. The number of aromatic hydroxyl groups is 1. The second kappa shape index (κ2) is 7.86. The smallest absolute Gasteiger partial charge is 0.129 e. The Balaban J connectivity index is 1.84. The van der Waals surface area contributed by atoms with Crippen LogP contribution >= 0.6 is 11.8 Å². The lowest BCUT2D eigenvalue weighted by Crippen LogP contribution is -2.27. The summed E-state index contributed by atoms with van der Waals surface area (Å²) < 4.78 is 0. The molecule has 2 aromatic carbocycles. The van der Waals surface area contributed by atoms with Crippen molar-refractivity contribution in [2.24, 2.45) is 5.73 Å². The van der Waals surface area contributed by atoms with Crippen molar-refractivity contribution in [3.8, 4) is 28.1 Å². The molecule has 0 amide bonds. The zero-order chi connectivity index (χ0) is 19.7. The van der Waals surface area contributed by atoms with E-state index in [-0.39, 0.29) is 11.8 Å². The molecule has 0 bridgehead atoms. The Kier molecular flexibility index (Phi) is 5.29. The molecule has 3 aromatic rings. The van der Waals surface area contributed by atoms with Gasteiger partial charge in [-0.15, -0.1) is 11.8 Å². The zero-order valence-corrected chi connectivity index (χ0v) is 17.0. The standard InChI is InChI=1S/C23H25N3OS/c1-15-3-8-22(27)20(11-15)21-12-17(16-4-6-19(28-2)7-5-16)13-23(25-21)26-10-9-18(24)14-26/h3-8,11-13,18,27H,9-10,14,24H2,1-2H3. The summed E-state index contributed by atoms with van der Waals surface area (Å²) in [6.45, 7) is 3.73. The summed E-state index contributed by atoms with van der Waals surface area (Å²) in [5.74, 6) is 1.16. The first-order valence-electron chi connectivity index (χ1n) is 9.50. The maximum absolute atomic E-state index is 10.4. The van der Waals surface area contributed by atoms with E-state index in [2.05, 4.69) is 47.6 Å². The van der Waals surface area contributed by atoms with Gasteiger partial charge in [0.2, 0.25) is 0 Å². The summed E-state index contributed by atoms with van der Waals surface area (Å²) in [5, 5.41) is 10.4. The van der Waals surface area contributed by atoms with E-state index in [1.807, 2.05) is 19.1 Å². The average Bonchev–Trinajstić information content (AvgIpc) is 3.16. The minimum absolute atomic E-state index is 0.183. The molecular weight excluding hydrogens is 366 g/mol. The predicted molar refractivity (Wildman–Crippen MR) is 118 cm³/mol. The summed E-state index contributed by atoms with van der Waals surface area (Å²) in [5.41, 5.74) is 11.0. The topological polar surface area (TPSA) is 62.4 Å². The van der Waals surface area contributed by atoms with Gasteiger partial charge in [-0.1, -0.05) is 23.8 Å². The molecule has 4 rings (SSSR count). The van der Waals surface area contributed by atoms with E-state index in [1.165, 1.54) is 4.90 Å². The number of phenols is 1. The number of thioether (sulfide) groups is 1. The highest BCUT2D eigenvalue weighted by molar-refractivity contribution is 7.98. The molecule has 1 aliphatic heterocycles. The maximum atomic E-state index is 10.4. The number of benzene rings is 2. The van der Waals surface area contributed by atoms with Gasteiger partial charge in [-0.3, -0.25) is 0 Å². The first-order chi connectivity index (χ1) is 13.5. The lowest BCUT2D eigenvalue weighted by molar-refractivity contribution is 0.477. The van der Waals surface area contributed by atoms with Crippen LogP contribution in [-0.2, 0) is 0 Å². The van der Waals surface area contributed by atoms with Crippen molar-refractivity contribution in [2.75, 3.05) is 24.2 Å². The van der Waals surface area contributed by atoms with Crippen LogP contribution < -0.4 is 10.6 Å². The average molecular weight is 392 g/mol. The Morgan fingerprint density at radius 3 is 2.54 bits per heavy atom. The number of aryl methyl sites for hydroxylation is 1. The molecule has 1 aliphatic rings. The quantitative estimate of drug-likeness (QED) is 0.632. The second-order valence-electron chi connectivity index (χ2n) is 7.34. The third-order valence-electron chi connectivity index (χ3n) is 5.21. The zero-order valence-electron chi connectivity index (χ0n) is 16.2. The number of aromatic nitrogens is 1. The number of anilines is 1. The van der Waals surface area contributed by atoms with Crippen molar-refractivity contribution in [2.45, 2.75) is 24.3 Å². The van der Waals surface area contributed by atoms with E-state index in [4.69, 9.17) is 10.7 Å². The van der Waals surface area contributed by atoms with Crippen LogP contribution in [0.15, 0.2) is 59.5 Å². The highest BCUT2D eigenvalue weighted by atomic mass is 32.2. The van der Waals surface area contributed by atoms with Gasteiger partial charge < -0.3 is 15.7 Å². The van der Waals surface area contributed by atoms with Gasteiger partial charge in [0.25, 0.3) is 0 Å². The Bertz CT molecular complexity index is 988. The second-order valence-corrected chi connectivity index (χ2v) is 8.22. The minimum Gasteiger partial charge on any atom is -0.507 e. The van der Waals surface area contributed by atoms with Gasteiger partial charge in [0.15, 0.2) is 0 Å².